The molecule has 0 unspecified atom stereocenters. The Morgan fingerprint density at radius 3 is 2.22 bits per heavy atom. The van der Waals surface area contributed by atoms with Crippen molar-refractivity contribution in [3.05, 3.63) is 82.4 Å². The average Bonchev–Trinajstić information content (AvgIpc) is 3.41. The van der Waals surface area contributed by atoms with Gasteiger partial charge in [0.1, 0.15) is 34.9 Å². The van der Waals surface area contributed by atoms with Gasteiger partial charge in [-0.05, 0) is 56.2 Å². The van der Waals surface area contributed by atoms with Gasteiger partial charge in [0.2, 0.25) is 0 Å². The fourth-order valence-electron chi connectivity index (χ4n) is 4.68. The second kappa shape index (κ2) is 12.3. The molecule has 8 nitrogen and oxygen atoms in total. The Morgan fingerprint density at radius 2 is 1.67 bits per heavy atom. The number of carboxylic acid groups (broad SMARTS) is 1. The maximum absolute atomic E-state index is 14.8. The third kappa shape index (κ3) is 6.99. The van der Waals surface area contributed by atoms with E-state index >= 15 is 0 Å². The lowest BCUT2D eigenvalue weighted by Gasteiger charge is -2.22. The minimum Gasteiger partial charge on any atom is -0.480 e. The van der Waals surface area contributed by atoms with E-state index in [0.717, 1.165) is 6.07 Å². The number of alkyl halides is 6. The molecule has 0 aliphatic rings. The summed E-state index contributed by atoms with van der Waals surface area (Å²) >= 11 is 0. The smallest absolute Gasteiger partial charge is 0.418 e. The highest BCUT2D eigenvalue weighted by molar-refractivity contribution is 5.97. The van der Waals surface area contributed by atoms with Crippen molar-refractivity contribution in [3.8, 4) is 11.3 Å². The SMILES string of the molecule is CC[C@@H](Nc1cc(F)c(C(=O)N[C@@H](Cc2ccc(-c3nc(C)c(C)cc3C(F)(F)F)c3nccn23)C(=O)O)c(F)c1)C(F)(F)F. The van der Waals surface area contributed by atoms with E-state index in [1.165, 1.54) is 49.7 Å². The molecule has 0 aliphatic heterocycles. The first-order valence-electron chi connectivity index (χ1n) is 13.3. The van der Waals surface area contributed by atoms with E-state index in [2.05, 4.69) is 9.97 Å². The predicted molar refractivity (Wildman–Crippen MR) is 146 cm³/mol. The highest BCUT2D eigenvalue weighted by Gasteiger charge is 2.39. The van der Waals surface area contributed by atoms with Gasteiger partial charge in [0.05, 0.1) is 11.3 Å². The minimum absolute atomic E-state index is 0.00589. The quantitative estimate of drug-likeness (QED) is 0.180. The fraction of sp³-hybridized carbons (Fsp3) is 0.310. The third-order valence-corrected chi connectivity index (χ3v) is 7.09. The zero-order chi connectivity index (χ0) is 33.4. The van der Waals surface area contributed by atoms with Gasteiger partial charge < -0.3 is 20.1 Å². The van der Waals surface area contributed by atoms with E-state index in [1.54, 1.807) is 0 Å². The van der Waals surface area contributed by atoms with Crippen molar-refractivity contribution in [3.63, 3.8) is 0 Å². The van der Waals surface area contributed by atoms with Gasteiger partial charge in [0.15, 0.2) is 0 Å². The van der Waals surface area contributed by atoms with Crippen LogP contribution in [0.1, 0.15) is 46.2 Å². The van der Waals surface area contributed by atoms with Crippen molar-refractivity contribution in [2.24, 2.45) is 0 Å². The molecule has 0 aliphatic carbocycles. The van der Waals surface area contributed by atoms with E-state index in [4.69, 9.17) is 0 Å². The van der Waals surface area contributed by atoms with Gasteiger partial charge in [-0.15, -0.1) is 0 Å². The molecule has 4 rings (SSSR count). The number of anilines is 1. The number of amides is 1. The van der Waals surface area contributed by atoms with Crippen LogP contribution in [0.5, 0.6) is 0 Å². The third-order valence-electron chi connectivity index (χ3n) is 7.09. The number of halogens is 8. The zero-order valence-electron chi connectivity index (χ0n) is 23.7. The fourth-order valence-corrected chi connectivity index (χ4v) is 4.68. The number of carbonyl (C=O) groups excluding carboxylic acids is 1. The Bertz CT molecular complexity index is 1740. The molecule has 2 atom stereocenters. The molecule has 0 saturated heterocycles. The normalized spacial score (nSPS) is 13.5. The van der Waals surface area contributed by atoms with Crippen LogP contribution in [0.4, 0.5) is 40.8 Å². The average molecular weight is 644 g/mol. The highest BCUT2D eigenvalue weighted by Crippen LogP contribution is 2.38. The molecule has 0 spiro atoms. The molecular formula is C29H25F8N5O3. The van der Waals surface area contributed by atoms with Crippen LogP contribution in [0.3, 0.4) is 0 Å². The van der Waals surface area contributed by atoms with Crippen LogP contribution >= 0.6 is 0 Å². The standard InChI is InChI=1S/C29H25F8N5O3/c1-4-22(29(35,36)37)40-15-10-19(30)23(20(31)11-15)26(43)41-21(27(44)45)12-16-5-6-17(25-38-7-8-42(16)25)24-18(28(32,33)34)9-13(2)14(3)39-24/h5-11,21-22,40H,4,12H2,1-3H3,(H,41,43)(H,44,45)/t21-,22+/m0/s1. The van der Waals surface area contributed by atoms with Crippen LogP contribution in [0.25, 0.3) is 16.9 Å². The largest absolute Gasteiger partial charge is 0.480 e. The summed E-state index contributed by atoms with van der Waals surface area (Å²) < 4.78 is 112. The summed E-state index contributed by atoms with van der Waals surface area (Å²) in [6.07, 6.45) is -7.83. The molecular weight excluding hydrogens is 618 g/mol. The number of imidazole rings is 1. The van der Waals surface area contributed by atoms with Gasteiger partial charge in [0.25, 0.3) is 5.91 Å². The van der Waals surface area contributed by atoms with E-state index in [-0.39, 0.29) is 16.9 Å². The second-order valence-corrected chi connectivity index (χ2v) is 10.2. The van der Waals surface area contributed by atoms with E-state index in [1.807, 2.05) is 10.6 Å². The Balaban J connectivity index is 1.64. The number of aryl methyl sites for hydroxylation is 2. The second-order valence-electron chi connectivity index (χ2n) is 10.2. The monoisotopic (exact) mass is 643 g/mol. The van der Waals surface area contributed by atoms with E-state index < -0.39 is 83.3 Å². The van der Waals surface area contributed by atoms with Crippen molar-refractivity contribution in [2.75, 3.05) is 5.32 Å². The van der Waals surface area contributed by atoms with Gasteiger partial charge in [0, 0.05) is 41.5 Å². The molecule has 4 aromatic rings. The van der Waals surface area contributed by atoms with E-state index in [0.29, 0.717) is 23.4 Å². The molecule has 1 amide bonds. The summed E-state index contributed by atoms with van der Waals surface area (Å²) in [7, 11) is 0. The Hall–Kier alpha value is -4.76. The molecule has 45 heavy (non-hydrogen) atoms. The summed E-state index contributed by atoms with van der Waals surface area (Å²) in [6.45, 7) is 4.22. The van der Waals surface area contributed by atoms with Crippen LogP contribution in [-0.2, 0) is 17.4 Å². The number of aliphatic carboxylic acids is 1. The minimum atomic E-state index is -4.75. The van der Waals surface area contributed by atoms with Gasteiger partial charge in [-0.3, -0.25) is 9.78 Å². The summed E-state index contributed by atoms with van der Waals surface area (Å²) in [4.78, 5) is 33.1. The van der Waals surface area contributed by atoms with Gasteiger partial charge >= 0.3 is 18.3 Å². The molecule has 3 N–H and O–H groups in total. The van der Waals surface area contributed by atoms with Crippen molar-refractivity contribution in [2.45, 2.75) is 58.0 Å². The number of rotatable bonds is 9. The van der Waals surface area contributed by atoms with Crippen molar-refractivity contribution < 1.29 is 49.8 Å². The van der Waals surface area contributed by atoms with Crippen LogP contribution in [0, 0.1) is 25.5 Å². The van der Waals surface area contributed by atoms with Crippen LogP contribution in [-0.4, -0.2) is 49.6 Å². The molecule has 0 fully saturated rings. The number of aromatic nitrogens is 3. The Morgan fingerprint density at radius 1 is 1.02 bits per heavy atom. The summed E-state index contributed by atoms with van der Waals surface area (Å²) in [5, 5.41) is 13.7. The van der Waals surface area contributed by atoms with Gasteiger partial charge in [-0.1, -0.05) is 6.92 Å². The predicted octanol–water partition coefficient (Wildman–Crippen LogP) is 6.49. The summed E-state index contributed by atoms with van der Waals surface area (Å²) in [6, 6.07) is 0.559. The number of carboxylic acids is 1. The Kier molecular flexibility index (Phi) is 9.07. The first-order valence-corrected chi connectivity index (χ1v) is 13.3. The number of benzene rings is 1. The highest BCUT2D eigenvalue weighted by atomic mass is 19.4. The molecule has 3 heterocycles. The number of fused-ring (bicyclic) bond motifs is 1. The summed E-state index contributed by atoms with van der Waals surface area (Å²) in [5.41, 5.74) is -2.44. The lowest BCUT2D eigenvalue weighted by molar-refractivity contribution is -0.143. The Labute approximate surface area is 250 Å². The number of nitrogens with one attached hydrogen (secondary N) is 2. The lowest BCUT2D eigenvalue weighted by atomic mass is 10.0. The molecule has 1 aromatic carbocycles. The number of nitrogens with zero attached hydrogens (tertiary/aromatic N) is 3. The molecule has 16 heteroatoms. The number of hydrogen-bond acceptors (Lipinski definition) is 5. The number of carbonyl (C=O) groups is 2. The van der Waals surface area contributed by atoms with Crippen molar-refractivity contribution in [1.29, 1.82) is 0 Å². The molecule has 3 aromatic heterocycles. The maximum atomic E-state index is 14.8. The topological polar surface area (TPSA) is 109 Å². The van der Waals surface area contributed by atoms with Crippen LogP contribution in [0.2, 0.25) is 0 Å². The van der Waals surface area contributed by atoms with Crippen molar-refractivity contribution >= 4 is 23.2 Å². The molecule has 0 radical (unpaired) electrons. The van der Waals surface area contributed by atoms with Crippen molar-refractivity contribution in [1.82, 2.24) is 19.7 Å². The van der Waals surface area contributed by atoms with Gasteiger partial charge in [-0.2, -0.15) is 26.3 Å². The lowest BCUT2D eigenvalue weighted by Crippen LogP contribution is -2.43. The number of hydrogen-bond donors (Lipinski definition) is 3. The molecule has 0 bridgehead atoms. The van der Waals surface area contributed by atoms with Crippen LogP contribution < -0.4 is 10.6 Å². The van der Waals surface area contributed by atoms with E-state index in [9.17, 15) is 49.8 Å². The first-order chi connectivity index (χ1) is 20.9. The van der Waals surface area contributed by atoms with Gasteiger partial charge in [-0.25, -0.2) is 18.6 Å². The maximum Gasteiger partial charge on any atom is 0.418 e. The molecule has 0 saturated carbocycles. The summed E-state index contributed by atoms with van der Waals surface area (Å²) in [5.74, 6) is -6.21. The zero-order valence-corrected chi connectivity index (χ0v) is 23.7. The van der Waals surface area contributed by atoms with Crippen LogP contribution in [0.15, 0.2) is 42.7 Å². The number of pyridine rings is 2. The first kappa shape index (κ1) is 33.1. The molecule has 240 valence electrons.